The molecule has 0 saturated carbocycles. The molecule has 2 aromatic heterocycles. The highest BCUT2D eigenvalue weighted by Gasteiger charge is 2.30. The molecule has 3 heterocycles. The molecule has 2 aromatic carbocycles. The molecule has 5 rings (SSSR count). The van der Waals surface area contributed by atoms with Crippen molar-refractivity contribution < 1.29 is 22.8 Å². The van der Waals surface area contributed by atoms with E-state index in [1.807, 2.05) is 11.6 Å². The number of nitrogens with zero attached hydrogens (tertiary/aromatic N) is 3. The largest absolute Gasteiger partial charge is 0.416 e. The summed E-state index contributed by atoms with van der Waals surface area (Å²) in [5, 5.41) is 5.50. The van der Waals surface area contributed by atoms with Gasteiger partial charge in [-0.3, -0.25) is 9.59 Å². The highest BCUT2D eigenvalue weighted by molar-refractivity contribution is 6.04. The molecular weight excluding hydrogens is 509 g/mol. The van der Waals surface area contributed by atoms with Gasteiger partial charge in [0.2, 0.25) is 5.95 Å². The van der Waals surface area contributed by atoms with Crippen molar-refractivity contribution in [1.82, 2.24) is 19.9 Å². The van der Waals surface area contributed by atoms with Crippen LogP contribution >= 0.6 is 0 Å². The SMILES string of the molecule is Cn1c(-c2nc(N)ncc2C#Cc2cccc(NC(=O)c3ccc(C(F)(F)F)cc3)c2)cc2c1CCNC2=O. The predicted molar refractivity (Wildman–Crippen MR) is 139 cm³/mol. The fraction of sp³-hybridized carbons (Fsp3) is 0.143. The molecule has 1 aliphatic rings. The average molecular weight is 531 g/mol. The minimum Gasteiger partial charge on any atom is -0.368 e. The van der Waals surface area contributed by atoms with Crippen LogP contribution in [0.2, 0.25) is 0 Å². The molecule has 0 fully saturated rings. The maximum atomic E-state index is 12.8. The Bertz CT molecular complexity index is 1660. The Hall–Kier alpha value is -5.11. The normalized spacial score (nSPS) is 12.7. The Morgan fingerprint density at radius 3 is 2.62 bits per heavy atom. The number of nitrogen functional groups attached to an aromatic ring is 1. The van der Waals surface area contributed by atoms with Gasteiger partial charge >= 0.3 is 6.18 Å². The molecule has 0 radical (unpaired) electrons. The second-order valence-corrected chi connectivity index (χ2v) is 8.81. The number of alkyl halides is 3. The van der Waals surface area contributed by atoms with Gasteiger partial charge in [0.25, 0.3) is 11.8 Å². The number of fused-ring (bicyclic) bond motifs is 1. The number of hydrogen-bond donors (Lipinski definition) is 3. The van der Waals surface area contributed by atoms with E-state index in [9.17, 15) is 22.8 Å². The fourth-order valence-electron chi connectivity index (χ4n) is 4.27. The number of amides is 2. The molecule has 4 aromatic rings. The standard InChI is InChI=1S/C28H21F3N6O2/c1-37-22-11-12-33-26(39)21(22)14-23(37)24-18(15-34-27(32)36-24)6-5-16-3-2-4-20(13-16)35-25(38)17-7-9-19(10-8-17)28(29,30)31/h2-4,7-10,13-15H,11-12H2,1H3,(H,33,39)(H,35,38)(H2,32,34,36). The lowest BCUT2D eigenvalue weighted by Crippen LogP contribution is -2.31. The zero-order chi connectivity index (χ0) is 27.7. The Morgan fingerprint density at radius 2 is 1.90 bits per heavy atom. The molecule has 0 spiro atoms. The molecule has 2 amide bonds. The summed E-state index contributed by atoms with van der Waals surface area (Å²) < 4.78 is 40.3. The van der Waals surface area contributed by atoms with Crippen molar-refractivity contribution in [1.29, 1.82) is 0 Å². The number of carbonyl (C=O) groups is 2. The molecular formula is C28H21F3N6O2. The van der Waals surface area contributed by atoms with Gasteiger partial charge in [-0.25, -0.2) is 9.97 Å². The van der Waals surface area contributed by atoms with Crippen LogP contribution in [0, 0.1) is 11.8 Å². The number of benzene rings is 2. The molecule has 0 bridgehead atoms. The third kappa shape index (κ3) is 5.31. The summed E-state index contributed by atoms with van der Waals surface area (Å²) in [6.45, 7) is 0.549. The lowest BCUT2D eigenvalue weighted by molar-refractivity contribution is -0.137. The van der Waals surface area contributed by atoms with Gasteiger partial charge in [0.1, 0.15) is 5.69 Å². The van der Waals surface area contributed by atoms with Crippen molar-refractivity contribution in [2.45, 2.75) is 12.6 Å². The maximum Gasteiger partial charge on any atom is 0.416 e. The Balaban J connectivity index is 1.40. The fourth-order valence-corrected chi connectivity index (χ4v) is 4.27. The highest BCUT2D eigenvalue weighted by Crippen LogP contribution is 2.30. The third-order valence-electron chi connectivity index (χ3n) is 6.24. The van der Waals surface area contributed by atoms with Gasteiger partial charge < -0.3 is 20.9 Å². The predicted octanol–water partition coefficient (Wildman–Crippen LogP) is 4.02. The van der Waals surface area contributed by atoms with E-state index in [1.165, 1.54) is 6.20 Å². The van der Waals surface area contributed by atoms with Crippen LogP contribution in [0.4, 0.5) is 24.8 Å². The number of nitrogens with two attached hydrogens (primary N) is 1. The summed E-state index contributed by atoms with van der Waals surface area (Å²) in [6, 6.07) is 12.4. The summed E-state index contributed by atoms with van der Waals surface area (Å²) in [5.41, 5.74) is 9.20. The van der Waals surface area contributed by atoms with Gasteiger partial charge in [0.15, 0.2) is 0 Å². The van der Waals surface area contributed by atoms with Gasteiger partial charge in [-0.05, 0) is 48.5 Å². The molecule has 0 aliphatic carbocycles. The van der Waals surface area contributed by atoms with E-state index in [-0.39, 0.29) is 17.4 Å². The van der Waals surface area contributed by atoms with Crippen molar-refractivity contribution >= 4 is 23.5 Å². The van der Waals surface area contributed by atoms with E-state index in [1.54, 1.807) is 30.3 Å². The quantitative estimate of drug-likeness (QED) is 0.346. The van der Waals surface area contributed by atoms with Crippen LogP contribution in [0.25, 0.3) is 11.4 Å². The van der Waals surface area contributed by atoms with E-state index in [4.69, 9.17) is 5.73 Å². The molecule has 39 heavy (non-hydrogen) atoms. The van der Waals surface area contributed by atoms with Crippen LogP contribution in [0.1, 0.15) is 43.1 Å². The number of carbonyl (C=O) groups excluding carboxylic acids is 2. The topological polar surface area (TPSA) is 115 Å². The first-order valence-corrected chi connectivity index (χ1v) is 11.8. The van der Waals surface area contributed by atoms with Crippen molar-refractivity contribution in [2.24, 2.45) is 7.05 Å². The number of aromatic nitrogens is 3. The summed E-state index contributed by atoms with van der Waals surface area (Å²) in [4.78, 5) is 33.3. The zero-order valence-corrected chi connectivity index (χ0v) is 20.6. The molecule has 8 nitrogen and oxygen atoms in total. The zero-order valence-electron chi connectivity index (χ0n) is 20.6. The van der Waals surface area contributed by atoms with Gasteiger partial charge in [0.05, 0.1) is 22.4 Å². The van der Waals surface area contributed by atoms with E-state index >= 15 is 0 Å². The highest BCUT2D eigenvalue weighted by atomic mass is 19.4. The van der Waals surface area contributed by atoms with E-state index in [2.05, 4.69) is 32.4 Å². The maximum absolute atomic E-state index is 12.8. The van der Waals surface area contributed by atoms with E-state index < -0.39 is 17.6 Å². The first-order valence-electron chi connectivity index (χ1n) is 11.8. The first kappa shape index (κ1) is 25.5. The van der Waals surface area contributed by atoms with Gasteiger partial charge in [-0.15, -0.1) is 0 Å². The molecule has 0 unspecified atom stereocenters. The van der Waals surface area contributed by atoms with Crippen LogP contribution in [0.3, 0.4) is 0 Å². The summed E-state index contributed by atoms with van der Waals surface area (Å²) >= 11 is 0. The number of rotatable bonds is 3. The molecule has 0 saturated heterocycles. The lowest BCUT2D eigenvalue weighted by Gasteiger charge is -2.14. The number of halogens is 3. The van der Waals surface area contributed by atoms with Crippen LogP contribution in [0.15, 0.2) is 60.8 Å². The van der Waals surface area contributed by atoms with Crippen LogP contribution in [-0.2, 0) is 19.6 Å². The van der Waals surface area contributed by atoms with Crippen molar-refractivity contribution in [2.75, 3.05) is 17.6 Å². The van der Waals surface area contributed by atoms with Crippen LogP contribution in [-0.4, -0.2) is 32.9 Å². The summed E-state index contributed by atoms with van der Waals surface area (Å²) in [6.07, 6.45) is -2.29. The second kappa shape index (κ2) is 9.98. The molecule has 4 N–H and O–H groups in total. The molecule has 196 valence electrons. The van der Waals surface area contributed by atoms with E-state index in [0.29, 0.717) is 46.7 Å². The molecule has 1 aliphatic heterocycles. The Labute approximate surface area is 221 Å². The van der Waals surface area contributed by atoms with Crippen molar-refractivity contribution in [3.05, 3.63) is 94.3 Å². The first-order chi connectivity index (χ1) is 18.6. The van der Waals surface area contributed by atoms with Crippen LogP contribution < -0.4 is 16.4 Å². The number of hydrogen-bond acceptors (Lipinski definition) is 5. The second-order valence-electron chi connectivity index (χ2n) is 8.81. The van der Waals surface area contributed by atoms with Gasteiger partial charge in [0, 0.05) is 48.7 Å². The Morgan fingerprint density at radius 1 is 1.13 bits per heavy atom. The van der Waals surface area contributed by atoms with Crippen LogP contribution in [0.5, 0.6) is 0 Å². The number of nitrogens with one attached hydrogen (secondary N) is 2. The van der Waals surface area contributed by atoms with Crippen molar-refractivity contribution in [3.8, 4) is 23.2 Å². The van der Waals surface area contributed by atoms with Gasteiger partial charge in [-0.2, -0.15) is 13.2 Å². The summed E-state index contributed by atoms with van der Waals surface area (Å²) in [7, 11) is 1.85. The summed E-state index contributed by atoms with van der Waals surface area (Å²) in [5.74, 6) is 5.42. The molecule has 11 heteroatoms. The van der Waals surface area contributed by atoms with Crippen molar-refractivity contribution in [3.63, 3.8) is 0 Å². The number of anilines is 2. The smallest absolute Gasteiger partial charge is 0.368 e. The average Bonchev–Trinajstić information content (AvgIpc) is 3.25. The minimum absolute atomic E-state index is 0.0622. The minimum atomic E-state index is -4.48. The van der Waals surface area contributed by atoms with E-state index in [0.717, 1.165) is 30.0 Å². The lowest BCUT2D eigenvalue weighted by atomic mass is 10.1. The molecule has 0 atom stereocenters. The van der Waals surface area contributed by atoms with Gasteiger partial charge in [-0.1, -0.05) is 17.9 Å². The Kier molecular flexibility index (Phi) is 6.54. The monoisotopic (exact) mass is 530 g/mol. The third-order valence-corrected chi connectivity index (χ3v) is 6.24.